The van der Waals surface area contributed by atoms with E-state index in [0.29, 0.717) is 23.8 Å². The predicted molar refractivity (Wildman–Crippen MR) is 133 cm³/mol. The number of thiazole rings is 1. The maximum absolute atomic E-state index is 13.4. The molecule has 0 N–H and O–H groups in total. The number of hydrogen-bond acceptors (Lipinski definition) is 5. The first-order chi connectivity index (χ1) is 16.2. The first kappa shape index (κ1) is 22.6. The van der Waals surface area contributed by atoms with Crippen LogP contribution in [0.15, 0.2) is 84.2 Å². The summed E-state index contributed by atoms with van der Waals surface area (Å²) in [6.45, 7) is 0.553. The van der Waals surface area contributed by atoms with Crippen LogP contribution < -0.4 is 14.4 Å². The lowest BCUT2D eigenvalue weighted by Gasteiger charge is -2.20. The van der Waals surface area contributed by atoms with Crippen LogP contribution in [0.25, 0.3) is 11.3 Å². The number of ether oxygens (including phenoxy) is 2. The van der Waals surface area contributed by atoms with Gasteiger partial charge in [-0.05, 0) is 35.7 Å². The van der Waals surface area contributed by atoms with Crippen molar-refractivity contribution in [3.8, 4) is 22.8 Å². The molecule has 0 bridgehead atoms. The van der Waals surface area contributed by atoms with Gasteiger partial charge in [0.2, 0.25) is 5.91 Å². The highest BCUT2D eigenvalue weighted by Gasteiger charge is 2.21. The lowest BCUT2D eigenvalue weighted by atomic mass is 10.1. The molecule has 0 aliphatic rings. The van der Waals surface area contributed by atoms with E-state index in [4.69, 9.17) is 14.5 Å². The van der Waals surface area contributed by atoms with Gasteiger partial charge in [0.1, 0.15) is 11.5 Å². The zero-order valence-corrected chi connectivity index (χ0v) is 19.5. The Bertz CT molecular complexity index is 1190. The molecule has 0 aliphatic heterocycles. The summed E-state index contributed by atoms with van der Waals surface area (Å²) >= 11 is 1.46. The molecule has 0 saturated heterocycles. The molecule has 5 nitrogen and oxygen atoms in total. The molecule has 1 aromatic heterocycles. The molecule has 1 amide bonds. The molecule has 0 unspecified atom stereocenters. The van der Waals surface area contributed by atoms with Crippen molar-refractivity contribution in [3.63, 3.8) is 0 Å². The maximum Gasteiger partial charge on any atom is 0.233 e. The molecular weight excluding hydrogens is 432 g/mol. The van der Waals surface area contributed by atoms with Gasteiger partial charge < -0.3 is 9.47 Å². The Hall–Kier alpha value is -3.64. The van der Waals surface area contributed by atoms with E-state index in [0.717, 1.165) is 29.0 Å². The number of amides is 1. The van der Waals surface area contributed by atoms with Crippen molar-refractivity contribution >= 4 is 22.4 Å². The van der Waals surface area contributed by atoms with Gasteiger partial charge in [0.05, 0.1) is 26.3 Å². The first-order valence-electron chi connectivity index (χ1n) is 10.7. The van der Waals surface area contributed by atoms with Gasteiger partial charge in [-0.1, -0.05) is 60.7 Å². The molecule has 0 aliphatic carbocycles. The van der Waals surface area contributed by atoms with Crippen molar-refractivity contribution in [1.29, 1.82) is 0 Å². The van der Waals surface area contributed by atoms with Crippen molar-refractivity contribution in [1.82, 2.24) is 4.98 Å². The minimum absolute atomic E-state index is 0.0237. The highest BCUT2D eigenvalue weighted by Crippen LogP contribution is 2.36. The maximum atomic E-state index is 13.4. The Morgan fingerprint density at radius 3 is 2.27 bits per heavy atom. The van der Waals surface area contributed by atoms with Crippen LogP contribution in [0.3, 0.4) is 0 Å². The first-order valence-corrected chi connectivity index (χ1v) is 11.6. The third-order valence-electron chi connectivity index (χ3n) is 5.37. The van der Waals surface area contributed by atoms with E-state index < -0.39 is 0 Å². The van der Waals surface area contributed by atoms with Crippen LogP contribution in [-0.2, 0) is 17.6 Å². The topological polar surface area (TPSA) is 51.7 Å². The summed E-state index contributed by atoms with van der Waals surface area (Å²) in [6, 6.07) is 25.6. The number of anilines is 1. The van der Waals surface area contributed by atoms with Crippen molar-refractivity contribution in [3.05, 3.63) is 95.4 Å². The third kappa shape index (κ3) is 5.59. The molecule has 0 spiro atoms. The summed E-state index contributed by atoms with van der Waals surface area (Å²) in [4.78, 5) is 20.0. The fourth-order valence-corrected chi connectivity index (χ4v) is 4.47. The average molecular weight is 459 g/mol. The summed E-state index contributed by atoms with van der Waals surface area (Å²) in [6.07, 6.45) is 1.08. The second-order valence-corrected chi connectivity index (χ2v) is 8.36. The number of carbonyl (C=O) groups excluding carboxylic acids is 1. The van der Waals surface area contributed by atoms with E-state index in [1.165, 1.54) is 16.9 Å². The normalized spacial score (nSPS) is 10.6. The van der Waals surface area contributed by atoms with Gasteiger partial charge in [0.15, 0.2) is 5.13 Å². The van der Waals surface area contributed by atoms with E-state index in [-0.39, 0.29) is 5.91 Å². The van der Waals surface area contributed by atoms with Crippen LogP contribution in [0.2, 0.25) is 0 Å². The Morgan fingerprint density at radius 2 is 1.61 bits per heavy atom. The molecule has 168 valence electrons. The number of methoxy groups -OCH3 is 2. The van der Waals surface area contributed by atoms with E-state index in [2.05, 4.69) is 12.1 Å². The highest BCUT2D eigenvalue weighted by molar-refractivity contribution is 7.14. The van der Waals surface area contributed by atoms with Gasteiger partial charge in [-0.2, -0.15) is 0 Å². The molecule has 4 aromatic rings. The SMILES string of the molecule is COc1ccc(OC)c(-c2csc(N(CCc3ccccc3)C(=O)Cc3ccccc3)n2)c1. The monoisotopic (exact) mass is 458 g/mol. The van der Waals surface area contributed by atoms with E-state index in [9.17, 15) is 4.79 Å². The summed E-state index contributed by atoms with van der Waals surface area (Å²) in [5.41, 5.74) is 3.75. The predicted octanol–water partition coefficient (Wildman–Crippen LogP) is 5.65. The number of aromatic nitrogens is 1. The van der Waals surface area contributed by atoms with Crippen LogP contribution in [-0.4, -0.2) is 31.7 Å². The zero-order chi connectivity index (χ0) is 23.0. The van der Waals surface area contributed by atoms with Crippen LogP contribution in [0, 0.1) is 0 Å². The number of rotatable bonds is 9. The summed E-state index contributed by atoms with van der Waals surface area (Å²) < 4.78 is 10.9. The molecule has 6 heteroatoms. The molecule has 0 radical (unpaired) electrons. The molecule has 0 atom stereocenters. The van der Waals surface area contributed by atoms with Gasteiger partial charge >= 0.3 is 0 Å². The van der Waals surface area contributed by atoms with E-state index in [1.807, 2.05) is 72.1 Å². The number of carbonyl (C=O) groups is 1. The molecule has 3 aromatic carbocycles. The Kier molecular flexibility index (Phi) is 7.37. The van der Waals surface area contributed by atoms with Crippen molar-refractivity contribution in [2.45, 2.75) is 12.8 Å². The lowest BCUT2D eigenvalue weighted by molar-refractivity contribution is -0.118. The second-order valence-electron chi connectivity index (χ2n) is 7.52. The Balaban J connectivity index is 1.63. The standard InChI is InChI=1S/C27H26N2O3S/c1-31-22-13-14-25(32-2)23(18-22)24-19-33-27(28-24)29(16-15-20-9-5-3-6-10-20)26(30)17-21-11-7-4-8-12-21/h3-14,18-19H,15-17H2,1-2H3. The molecule has 1 heterocycles. The Morgan fingerprint density at radius 1 is 0.909 bits per heavy atom. The minimum Gasteiger partial charge on any atom is -0.497 e. The van der Waals surface area contributed by atoms with Gasteiger partial charge in [0, 0.05) is 17.5 Å². The molecule has 0 saturated carbocycles. The fraction of sp³-hybridized carbons (Fsp3) is 0.185. The molecule has 0 fully saturated rings. The van der Waals surface area contributed by atoms with Crippen molar-refractivity contribution in [2.24, 2.45) is 0 Å². The lowest BCUT2D eigenvalue weighted by Crippen LogP contribution is -2.34. The summed E-state index contributed by atoms with van der Waals surface area (Å²) in [5, 5.41) is 2.63. The Labute approximate surface area is 198 Å². The molecule has 4 rings (SSSR count). The number of nitrogens with zero attached hydrogens (tertiary/aromatic N) is 2. The summed E-state index contributed by atoms with van der Waals surface area (Å²) in [5.74, 6) is 1.45. The number of hydrogen-bond donors (Lipinski definition) is 0. The van der Waals surface area contributed by atoms with Crippen LogP contribution >= 0.6 is 11.3 Å². The van der Waals surface area contributed by atoms with Crippen molar-refractivity contribution in [2.75, 3.05) is 25.7 Å². The largest absolute Gasteiger partial charge is 0.497 e. The number of benzene rings is 3. The van der Waals surface area contributed by atoms with Gasteiger partial charge in [0.25, 0.3) is 0 Å². The van der Waals surface area contributed by atoms with Gasteiger partial charge in [-0.15, -0.1) is 11.3 Å². The zero-order valence-electron chi connectivity index (χ0n) is 18.7. The third-order valence-corrected chi connectivity index (χ3v) is 6.24. The van der Waals surface area contributed by atoms with E-state index >= 15 is 0 Å². The van der Waals surface area contributed by atoms with Crippen LogP contribution in [0.4, 0.5) is 5.13 Å². The second kappa shape index (κ2) is 10.8. The minimum atomic E-state index is 0.0237. The smallest absolute Gasteiger partial charge is 0.233 e. The van der Waals surface area contributed by atoms with Gasteiger partial charge in [-0.3, -0.25) is 9.69 Å². The van der Waals surface area contributed by atoms with Crippen LogP contribution in [0.1, 0.15) is 11.1 Å². The van der Waals surface area contributed by atoms with Crippen molar-refractivity contribution < 1.29 is 14.3 Å². The average Bonchev–Trinajstić information content (AvgIpc) is 3.34. The highest BCUT2D eigenvalue weighted by atomic mass is 32.1. The van der Waals surface area contributed by atoms with Crippen LogP contribution in [0.5, 0.6) is 11.5 Å². The van der Waals surface area contributed by atoms with Gasteiger partial charge in [-0.25, -0.2) is 4.98 Å². The molecular formula is C27H26N2O3S. The quantitative estimate of drug-likeness (QED) is 0.325. The molecule has 33 heavy (non-hydrogen) atoms. The summed E-state index contributed by atoms with van der Waals surface area (Å²) in [7, 11) is 3.26. The fourth-order valence-electron chi connectivity index (χ4n) is 3.60. The van der Waals surface area contributed by atoms with E-state index in [1.54, 1.807) is 19.1 Å².